The topological polar surface area (TPSA) is 55.2 Å². The summed E-state index contributed by atoms with van der Waals surface area (Å²) in [6, 6.07) is 10.4. The van der Waals surface area contributed by atoms with Crippen LogP contribution in [0.25, 0.3) is 11.3 Å². The number of anilines is 2. The summed E-state index contributed by atoms with van der Waals surface area (Å²) in [5, 5.41) is 7.68. The molecule has 25 heavy (non-hydrogen) atoms. The molecule has 1 aromatic carbocycles. The molecule has 3 aromatic rings. The quantitative estimate of drug-likeness (QED) is 0.794. The lowest BCUT2D eigenvalue weighted by Gasteiger charge is -2.32. The molecule has 6 nitrogen and oxygen atoms in total. The van der Waals surface area contributed by atoms with Crippen molar-refractivity contribution in [3.63, 3.8) is 0 Å². The minimum absolute atomic E-state index is 0.856. The zero-order chi connectivity index (χ0) is 17.2. The van der Waals surface area contributed by atoms with Crippen LogP contribution in [-0.2, 0) is 13.6 Å². The van der Waals surface area contributed by atoms with Crippen LogP contribution in [0, 0.1) is 0 Å². The number of ether oxygens (including phenoxy) is 1. The van der Waals surface area contributed by atoms with Crippen molar-refractivity contribution in [1.29, 1.82) is 0 Å². The summed E-state index contributed by atoms with van der Waals surface area (Å²) in [6.07, 6.45) is 5.75. The second-order valence-corrected chi connectivity index (χ2v) is 6.19. The first kappa shape index (κ1) is 15.5. The fraction of sp³-hybridized carbons (Fsp3) is 0.263. The van der Waals surface area contributed by atoms with Crippen LogP contribution in [0.2, 0.25) is 0 Å². The lowest BCUT2D eigenvalue weighted by molar-refractivity contribution is 0.414. The van der Waals surface area contributed by atoms with Gasteiger partial charge in [0.1, 0.15) is 5.75 Å². The van der Waals surface area contributed by atoms with Crippen LogP contribution in [-0.4, -0.2) is 35.0 Å². The van der Waals surface area contributed by atoms with Crippen molar-refractivity contribution in [2.45, 2.75) is 6.54 Å². The first-order chi connectivity index (χ1) is 12.2. The van der Waals surface area contributed by atoms with Crippen LogP contribution in [0.3, 0.4) is 0 Å². The van der Waals surface area contributed by atoms with Gasteiger partial charge in [0, 0.05) is 38.4 Å². The van der Waals surface area contributed by atoms with Crippen LogP contribution < -0.4 is 15.0 Å². The molecule has 1 aliphatic heterocycles. The molecule has 0 bridgehead atoms. The summed E-state index contributed by atoms with van der Waals surface area (Å²) >= 11 is 0. The second kappa shape index (κ2) is 6.47. The van der Waals surface area contributed by atoms with Gasteiger partial charge in [-0.2, -0.15) is 5.10 Å². The van der Waals surface area contributed by atoms with Gasteiger partial charge < -0.3 is 15.0 Å². The zero-order valence-electron chi connectivity index (χ0n) is 14.4. The van der Waals surface area contributed by atoms with E-state index >= 15 is 0 Å². The van der Waals surface area contributed by atoms with Crippen molar-refractivity contribution < 1.29 is 4.74 Å². The molecule has 3 heterocycles. The molecule has 1 aliphatic rings. The van der Waals surface area contributed by atoms with E-state index < -0.39 is 0 Å². The Morgan fingerprint density at radius 3 is 2.76 bits per heavy atom. The molecule has 128 valence electrons. The molecule has 0 radical (unpaired) electrons. The number of hydrogen-bond acceptors (Lipinski definition) is 5. The van der Waals surface area contributed by atoms with Gasteiger partial charge in [-0.25, -0.2) is 0 Å². The number of aromatic nitrogens is 3. The third kappa shape index (κ3) is 3.15. The molecule has 0 spiro atoms. The van der Waals surface area contributed by atoms with Gasteiger partial charge in [0.2, 0.25) is 0 Å². The van der Waals surface area contributed by atoms with Gasteiger partial charge >= 0.3 is 0 Å². The van der Waals surface area contributed by atoms with Gasteiger partial charge in [-0.1, -0.05) is 12.1 Å². The summed E-state index contributed by atoms with van der Waals surface area (Å²) < 4.78 is 7.04. The highest BCUT2D eigenvalue weighted by Gasteiger charge is 2.18. The predicted octanol–water partition coefficient (Wildman–Crippen LogP) is 2.92. The van der Waals surface area contributed by atoms with E-state index in [1.807, 2.05) is 37.8 Å². The molecule has 0 saturated heterocycles. The van der Waals surface area contributed by atoms with Crippen molar-refractivity contribution in [2.75, 3.05) is 30.4 Å². The number of aryl methyl sites for hydroxylation is 1. The monoisotopic (exact) mass is 335 g/mol. The Balaban J connectivity index is 1.63. The Morgan fingerprint density at radius 1 is 1.20 bits per heavy atom. The molecule has 0 fully saturated rings. The maximum Gasteiger partial charge on any atom is 0.118 e. The number of pyridine rings is 1. The summed E-state index contributed by atoms with van der Waals surface area (Å²) in [5.41, 5.74) is 5.48. The molecule has 4 rings (SSSR count). The summed E-state index contributed by atoms with van der Waals surface area (Å²) in [7, 11) is 3.61. The largest absolute Gasteiger partial charge is 0.497 e. The lowest BCUT2D eigenvalue weighted by Crippen LogP contribution is -2.33. The first-order valence-electron chi connectivity index (χ1n) is 8.34. The van der Waals surface area contributed by atoms with Gasteiger partial charge in [-0.3, -0.25) is 9.67 Å². The molecule has 2 aromatic heterocycles. The van der Waals surface area contributed by atoms with Crippen LogP contribution >= 0.6 is 0 Å². The molecule has 0 saturated carbocycles. The van der Waals surface area contributed by atoms with E-state index in [-0.39, 0.29) is 0 Å². The van der Waals surface area contributed by atoms with Gasteiger partial charge in [-0.05, 0) is 23.8 Å². The Kier molecular flexibility index (Phi) is 4.01. The predicted molar refractivity (Wildman–Crippen MR) is 99.0 cm³/mol. The van der Waals surface area contributed by atoms with E-state index in [1.165, 1.54) is 11.3 Å². The average molecular weight is 335 g/mol. The fourth-order valence-electron chi connectivity index (χ4n) is 3.12. The summed E-state index contributed by atoms with van der Waals surface area (Å²) in [4.78, 5) is 6.96. The van der Waals surface area contributed by atoms with Crippen LogP contribution in [0.1, 0.15) is 5.56 Å². The van der Waals surface area contributed by atoms with Gasteiger partial charge in [0.25, 0.3) is 0 Å². The Labute approximate surface area is 147 Å². The molecular formula is C19H21N5O. The average Bonchev–Trinajstić information content (AvgIpc) is 3.09. The smallest absolute Gasteiger partial charge is 0.118 e. The van der Waals surface area contributed by atoms with E-state index in [0.717, 1.165) is 42.3 Å². The van der Waals surface area contributed by atoms with Crippen molar-refractivity contribution in [2.24, 2.45) is 7.05 Å². The third-order valence-electron chi connectivity index (χ3n) is 4.45. The second-order valence-electron chi connectivity index (χ2n) is 6.19. The lowest BCUT2D eigenvalue weighted by atomic mass is 10.1. The first-order valence-corrected chi connectivity index (χ1v) is 8.34. The Bertz CT molecular complexity index is 872. The highest BCUT2D eigenvalue weighted by atomic mass is 16.5. The number of fused-ring (bicyclic) bond motifs is 1. The molecule has 0 amide bonds. The Morgan fingerprint density at radius 2 is 2.04 bits per heavy atom. The van der Waals surface area contributed by atoms with Crippen molar-refractivity contribution >= 4 is 11.4 Å². The number of hydrogen-bond donors (Lipinski definition) is 1. The highest BCUT2D eigenvalue weighted by Crippen LogP contribution is 2.33. The van der Waals surface area contributed by atoms with Gasteiger partial charge in [0.05, 0.1) is 36.6 Å². The minimum Gasteiger partial charge on any atom is -0.497 e. The van der Waals surface area contributed by atoms with Crippen LogP contribution in [0.4, 0.5) is 11.4 Å². The molecule has 0 aliphatic carbocycles. The number of methoxy groups -OCH3 is 1. The van der Waals surface area contributed by atoms with E-state index in [9.17, 15) is 0 Å². The number of rotatable bonds is 4. The molecule has 1 N–H and O–H groups in total. The standard InChI is InChI=1S/C19H21N5O/c1-23-13-15(10-22-23)17-9-19-18(11-21-17)20-7-8-24(19)12-14-3-5-16(25-2)6-4-14/h3-6,9-11,13,20H,7-8,12H2,1-2H3. The number of nitrogens with one attached hydrogen (secondary N) is 1. The van der Waals surface area contributed by atoms with Crippen molar-refractivity contribution in [1.82, 2.24) is 14.8 Å². The van der Waals surface area contributed by atoms with Gasteiger partial charge in [-0.15, -0.1) is 0 Å². The van der Waals surface area contributed by atoms with E-state index in [0.29, 0.717) is 0 Å². The van der Waals surface area contributed by atoms with E-state index in [4.69, 9.17) is 4.74 Å². The molecule has 0 unspecified atom stereocenters. The van der Waals surface area contributed by atoms with Crippen LogP contribution in [0.5, 0.6) is 5.75 Å². The van der Waals surface area contributed by atoms with Crippen molar-refractivity contribution in [3.8, 4) is 17.0 Å². The minimum atomic E-state index is 0.856. The zero-order valence-corrected chi connectivity index (χ0v) is 14.4. The molecular weight excluding hydrogens is 314 g/mol. The van der Waals surface area contributed by atoms with Gasteiger partial charge in [0.15, 0.2) is 0 Å². The third-order valence-corrected chi connectivity index (χ3v) is 4.45. The SMILES string of the molecule is COc1ccc(CN2CCNc3cnc(-c4cnn(C)c4)cc32)cc1. The Hall–Kier alpha value is -3.02. The number of nitrogens with zero attached hydrogens (tertiary/aromatic N) is 4. The normalized spacial score (nSPS) is 13.3. The van der Waals surface area contributed by atoms with Crippen molar-refractivity contribution in [3.05, 3.63) is 54.5 Å². The molecule has 6 heteroatoms. The summed E-state index contributed by atoms with van der Waals surface area (Å²) in [5.74, 6) is 0.882. The molecule has 0 atom stereocenters. The fourth-order valence-corrected chi connectivity index (χ4v) is 3.12. The van der Waals surface area contributed by atoms with E-state index in [1.54, 1.807) is 11.8 Å². The van der Waals surface area contributed by atoms with E-state index in [2.05, 4.69) is 38.5 Å². The maximum atomic E-state index is 5.24. The number of benzene rings is 1. The summed E-state index contributed by atoms with van der Waals surface area (Å²) in [6.45, 7) is 2.72. The maximum absolute atomic E-state index is 5.24. The van der Waals surface area contributed by atoms with Crippen LogP contribution in [0.15, 0.2) is 48.9 Å². The highest BCUT2D eigenvalue weighted by molar-refractivity contribution is 5.76.